The Labute approximate surface area is 116 Å². The van der Waals surface area contributed by atoms with Crippen LogP contribution in [0.4, 0.5) is 0 Å². The predicted octanol–water partition coefficient (Wildman–Crippen LogP) is 2.55. The average molecular weight is 277 g/mol. The van der Waals surface area contributed by atoms with Gasteiger partial charge in [0.05, 0.1) is 11.3 Å². The maximum Gasteiger partial charge on any atom is 0.338 e. The van der Waals surface area contributed by atoms with Crippen LogP contribution in [0.2, 0.25) is 5.02 Å². The fraction of sp³-hybridized carbons (Fsp3) is 0.143. The number of ether oxygens (including phenoxy) is 1. The van der Waals surface area contributed by atoms with E-state index in [4.69, 9.17) is 22.1 Å². The van der Waals surface area contributed by atoms with E-state index in [0.29, 0.717) is 16.3 Å². The van der Waals surface area contributed by atoms with Crippen molar-refractivity contribution in [2.45, 2.75) is 13.2 Å². The molecule has 5 heteroatoms. The molecule has 0 amide bonds. The number of rotatable bonds is 4. The Morgan fingerprint density at radius 2 is 2.16 bits per heavy atom. The van der Waals surface area contributed by atoms with Gasteiger partial charge in [-0.2, -0.15) is 0 Å². The Balaban J connectivity index is 2.01. The molecule has 0 fully saturated rings. The molecule has 0 unspecified atom stereocenters. The van der Waals surface area contributed by atoms with Crippen LogP contribution in [0.25, 0.3) is 0 Å². The Bertz CT molecular complexity index is 587. The van der Waals surface area contributed by atoms with Crippen molar-refractivity contribution in [3.63, 3.8) is 0 Å². The van der Waals surface area contributed by atoms with E-state index in [2.05, 4.69) is 4.98 Å². The maximum atomic E-state index is 11.8. The fourth-order valence-electron chi connectivity index (χ4n) is 1.58. The van der Waals surface area contributed by atoms with E-state index in [1.54, 1.807) is 24.3 Å². The van der Waals surface area contributed by atoms with Crippen molar-refractivity contribution in [3.05, 3.63) is 64.4 Å². The summed E-state index contributed by atoms with van der Waals surface area (Å²) in [4.78, 5) is 15.9. The van der Waals surface area contributed by atoms with E-state index in [1.165, 1.54) is 6.20 Å². The molecule has 0 saturated carbocycles. The number of benzene rings is 1. The van der Waals surface area contributed by atoms with E-state index in [0.717, 1.165) is 5.56 Å². The molecule has 2 aromatic rings. The summed E-state index contributed by atoms with van der Waals surface area (Å²) in [5.74, 6) is -0.405. The van der Waals surface area contributed by atoms with E-state index in [-0.39, 0.29) is 13.2 Å². The van der Waals surface area contributed by atoms with Crippen LogP contribution in [0.1, 0.15) is 21.6 Å². The molecule has 0 atom stereocenters. The van der Waals surface area contributed by atoms with Crippen molar-refractivity contribution in [1.29, 1.82) is 0 Å². The molecular weight excluding hydrogens is 264 g/mol. The second kappa shape index (κ2) is 6.31. The van der Waals surface area contributed by atoms with Gasteiger partial charge in [-0.05, 0) is 29.8 Å². The first-order valence-corrected chi connectivity index (χ1v) is 6.13. The van der Waals surface area contributed by atoms with Crippen LogP contribution in [0.5, 0.6) is 0 Å². The van der Waals surface area contributed by atoms with Crippen LogP contribution < -0.4 is 5.73 Å². The molecule has 4 nitrogen and oxygen atoms in total. The normalized spacial score (nSPS) is 10.2. The number of carbonyl (C=O) groups is 1. The quantitative estimate of drug-likeness (QED) is 0.872. The van der Waals surface area contributed by atoms with Gasteiger partial charge in [0.1, 0.15) is 6.61 Å². The lowest BCUT2D eigenvalue weighted by Gasteiger charge is -2.06. The standard InChI is InChI=1S/C14H13ClN2O2/c15-12-3-1-2-10(6-12)9-19-14(18)11-4-5-17-13(7-11)8-16/h1-7H,8-9,16H2. The fourth-order valence-corrected chi connectivity index (χ4v) is 1.79. The highest BCUT2D eigenvalue weighted by Gasteiger charge is 2.08. The van der Waals surface area contributed by atoms with Gasteiger partial charge in [-0.3, -0.25) is 4.98 Å². The van der Waals surface area contributed by atoms with Crippen molar-refractivity contribution < 1.29 is 9.53 Å². The monoisotopic (exact) mass is 276 g/mol. The molecule has 1 aromatic heterocycles. The summed E-state index contributed by atoms with van der Waals surface area (Å²) in [6.07, 6.45) is 1.54. The average Bonchev–Trinajstić information content (AvgIpc) is 2.45. The minimum Gasteiger partial charge on any atom is -0.457 e. The Kier molecular flexibility index (Phi) is 4.49. The molecule has 0 aliphatic rings. The number of nitrogens with zero attached hydrogens (tertiary/aromatic N) is 1. The Morgan fingerprint density at radius 1 is 1.32 bits per heavy atom. The SMILES string of the molecule is NCc1cc(C(=O)OCc2cccc(Cl)c2)ccn1. The molecule has 1 aromatic carbocycles. The zero-order chi connectivity index (χ0) is 13.7. The smallest absolute Gasteiger partial charge is 0.338 e. The van der Waals surface area contributed by atoms with Gasteiger partial charge in [-0.1, -0.05) is 23.7 Å². The second-order valence-electron chi connectivity index (χ2n) is 3.95. The topological polar surface area (TPSA) is 65.2 Å². The molecule has 19 heavy (non-hydrogen) atoms. The summed E-state index contributed by atoms with van der Waals surface area (Å²) in [6.45, 7) is 0.467. The lowest BCUT2D eigenvalue weighted by Crippen LogP contribution is -2.07. The largest absolute Gasteiger partial charge is 0.457 e. The first-order valence-electron chi connectivity index (χ1n) is 5.75. The number of aromatic nitrogens is 1. The van der Waals surface area contributed by atoms with Crippen molar-refractivity contribution in [2.75, 3.05) is 0 Å². The summed E-state index contributed by atoms with van der Waals surface area (Å²) < 4.78 is 5.20. The molecule has 0 bridgehead atoms. The summed E-state index contributed by atoms with van der Waals surface area (Å²) in [5.41, 5.74) is 7.41. The highest BCUT2D eigenvalue weighted by Crippen LogP contribution is 2.12. The Morgan fingerprint density at radius 3 is 2.89 bits per heavy atom. The molecule has 0 saturated heterocycles. The minimum atomic E-state index is -0.405. The van der Waals surface area contributed by atoms with Gasteiger partial charge < -0.3 is 10.5 Å². The molecule has 2 N–H and O–H groups in total. The number of nitrogens with two attached hydrogens (primary N) is 1. The van der Waals surface area contributed by atoms with Crippen LogP contribution in [-0.4, -0.2) is 11.0 Å². The summed E-state index contributed by atoms with van der Waals surface area (Å²) in [5, 5.41) is 0.614. The molecular formula is C14H13ClN2O2. The minimum absolute atomic E-state index is 0.180. The lowest BCUT2D eigenvalue weighted by molar-refractivity contribution is 0.0472. The van der Waals surface area contributed by atoms with E-state index >= 15 is 0 Å². The summed E-state index contributed by atoms with van der Waals surface area (Å²) in [7, 11) is 0. The van der Waals surface area contributed by atoms with Crippen molar-refractivity contribution in [1.82, 2.24) is 4.98 Å². The molecule has 0 radical (unpaired) electrons. The second-order valence-corrected chi connectivity index (χ2v) is 4.38. The molecule has 98 valence electrons. The van der Waals surface area contributed by atoms with E-state index < -0.39 is 5.97 Å². The first-order chi connectivity index (χ1) is 9.19. The number of pyridine rings is 1. The Hall–Kier alpha value is -1.91. The third kappa shape index (κ3) is 3.77. The highest BCUT2D eigenvalue weighted by molar-refractivity contribution is 6.30. The van der Waals surface area contributed by atoms with Gasteiger partial charge in [-0.15, -0.1) is 0 Å². The molecule has 0 aliphatic heterocycles. The number of esters is 1. The maximum absolute atomic E-state index is 11.8. The third-order valence-corrected chi connectivity index (χ3v) is 2.76. The number of hydrogen-bond acceptors (Lipinski definition) is 4. The number of carbonyl (C=O) groups excluding carboxylic acids is 1. The molecule has 0 spiro atoms. The molecule has 0 aliphatic carbocycles. The van der Waals surface area contributed by atoms with Crippen molar-refractivity contribution in [2.24, 2.45) is 5.73 Å². The van der Waals surface area contributed by atoms with Crippen LogP contribution in [0, 0.1) is 0 Å². The predicted molar refractivity (Wildman–Crippen MR) is 72.7 cm³/mol. The number of halogens is 1. The van der Waals surface area contributed by atoms with Gasteiger partial charge in [-0.25, -0.2) is 4.79 Å². The summed E-state index contributed by atoms with van der Waals surface area (Å²) >= 11 is 5.85. The van der Waals surface area contributed by atoms with Crippen LogP contribution in [0.15, 0.2) is 42.6 Å². The van der Waals surface area contributed by atoms with Gasteiger partial charge in [0.15, 0.2) is 0 Å². The zero-order valence-corrected chi connectivity index (χ0v) is 10.9. The zero-order valence-electron chi connectivity index (χ0n) is 10.2. The van der Waals surface area contributed by atoms with Crippen LogP contribution in [-0.2, 0) is 17.9 Å². The van der Waals surface area contributed by atoms with Gasteiger partial charge >= 0.3 is 5.97 Å². The third-order valence-electron chi connectivity index (χ3n) is 2.52. The molecule has 1 heterocycles. The van der Waals surface area contributed by atoms with Gasteiger partial charge in [0.25, 0.3) is 0 Å². The first kappa shape index (κ1) is 13.5. The van der Waals surface area contributed by atoms with E-state index in [9.17, 15) is 4.79 Å². The summed E-state index contributed by atoms with van der Waals surface area (Å²) in [6, 6.07) is 10.4. The van der Waals surface area contributed by atoms with Crippen LogP contribution in [0.3, 0.4) is 0 Å². The van der Waals surface area contributed by atoms with Crippen molar-refractivity contribution >= 4 is 17.6 Å². The highest BCUT2D eigenvalue weighted by atomic mass is 35.5. The lowest BCUT2D eigenvalue weighted by atomic mass is 10.2. The van der Waals surface area contributed by atoms with Crippen LogP contribution >= 0.6 is 11.6 Å². The van der Waals surface area contributed by atoms with Crippen molar-refractivity contribution in [3.8, 4) is 0 Å². The van der Waals surface area contributed by atoms with Gasteiger partial charge in [0, 0.05) is 17.8 Å². The number of hydrogen-bond donors (Lipinski definition) is 1. The van der Waals surface area contributed by atoms with E-state index in [1.807, 2.05) is 12.1 Å². The molecule has 2 rings (SSSR count). The van der Waals surface area contributed by atoms with Gasteiger partial charge in [0.2, 0.25) is 0 Å².